The number of carbonyl (C=O) groups is 3. The van der Waals surface area contributed by atoms with Crippen LogP contribution in [0, 0.1) is 0 Å². The van der Waals surface area contributed by atoms with E-state index in [2.05, 4.69) is 15.3 Å². The molecule has 3 heterocycles. The lowest BCUT2D eigenvalue weighted by molar-refractivity contribution is -0.245. The molecule has 0 bridgehead atoms. The minimum absolute atomic E-state index is 0.0442. The Bertz CT molecular complexity index is 1640. The van der Waals surface area contributed by atoms with Crippen molar-refractivity contribution in [1.29, 1.82) is 0 Å². The molecule has 6 rings (SSSR count). The van der Waals surface area contributed by atoms with Crippen LogP contribution in [0.1, 0.15) is 47.5 Å². The van der Waals surface area contributed by atoms with Gasteiger partial charge in [0.2, 0.25) is 5.91 Å². The van der Waals surface area contributed by atoms with Crippen LogP contribution in [0.3, 0.4) is 0 Å². The number of benzene rings is 3. The van der Waals surface area contributed by atoms with Crippen LogP contribution in [0.2, 0.25) is 0 Å². The van der Waals surface area contributed by atoms with Crippen molar-refractivity contribution in [3.63, 3.8) is 0 Å². The van der Waals surface area contributed by atoms with Gasteiger partial charge in [-0.15, -0.1) is 0 Å². The highest BCUT2D eigenvalue weighted by Crippen LogP contribution is 2.39. The summed E-state index contributed by atoms with van der Waals surface area (Å²) in [5, 5.41) is 12.6. The number of carbonyl (C=O) groups excluding carboxylic acids is 3. The molecule has 1 aromatic heterocycles. The number of anilines is 1. The third-order valence-corrected chi connectivity index (χ3v) is 8.64. The number of rotatable bonds is 10. The van der Waals surface area contributed by atoms with Crippen LogP contribution < -0.4 is 10.2 Å². The summed E-state index contributed by atoms with van der Waals surface area (Å²) in [7, 11) is 0. The second-order valence-corrected chi connectivity index (χ2v) is 11.8. The molecule has 2 N–H and O–H groups in total. The van der Waals surface area contributed by atoms with E-state index >= 15 is 0 Å². The van der Waals surface area contributed by atoms with Crippen LogP contribution in [0.5, 0.6) is 0 Å². The predicted octanol–water partition coefficient (Wildman–Crippen LogP) is 4.86. The molecular weight excluding hydrogens is 608 g/mol. The lowest BCUT2D eigenvalue weighted by atomic mass is 10.0. The summed E-state index contributed by atoms with van der Waals surface area (Å²) in [6, 6.07) is 24.4. The van der Waals surface area contributed by atoms with Crippen molar-refractivity contribution >= 4 is 35.4 Å². The van der Waals surface area contributed by atoms with Crippen molar-refractivity contribution in [2.45, 2.75) is 55.8 Å². The van der Waals surface area contributed by atoms with E-state index in [1.807, 2.05) is 54.6 Å². The van der Waals surface area contributed by atoms with E-state index in [1.165, 1.54) is 11.8 Å². The zero-order valence-corrected chi connectivity index (χ0v) is 25.5. The monoisotopic (exact) mass is 640 g/mol. The SMILES string of the molecule is O=C(NC1CC(=O)N(c2ccc([C@@H]3O[C@H](CSc4ncccn4)C[C@H](c4ccc(CO)cc4)O3)cc2)C1=O)OCc1ccccc1. The summed E-state index contributed by atoms with van der Waals surface area (Å²) in [5.41, 5.74) is 3.66. The number of imide groups is 1. The summed E-state index contributed by atoms with van der Waals surface area (Å²) >= 11 is 1.50. The second kappa shape index (κ2) is 14.6. The highest BCUT2D eigenvalue weighted by Gasteiger charge is 2.41. The standard InChI is InChI=1S/C34H32N4O7S/c39-19-22-7-9-24(10-8-22)29-17-27(21-46-33-35-15-4-16-36-33)44-32(45-29)25-11-13-26(14-12-25)38-30(40)18-28(31(38)41)37-34(42)43-20-23-5-2-1-3-6-23/h1-16,27-29,32,39H,17-21H2,(H,37,42)/t27-,28?,29+,32+/m0/s1. The largest absolute Gasteiger partial charge is 0.445 e. The molecule has 1 unspecified atom stereocenters. The summed E-state index contributed by atoms with van der Waals surface area (Å²) in [6.45, 7) is 0.00380. The smallest absolute Gasteiger partial charge is 0.408 e. The maximum Gasteiger partial charge on any atom is 0.408 e. The van der Waals surface area contributed by atoms with Crippen LogP contribution in [0.4, 0.5) is 10.5 Å². The predicted molar refractivity (Wildman–Crippen MR) is 168 cm³/mol. The summed E-state index contributed by atoms with van der Waals surface area (Å²) in [4.78, 5) is 48.0. The first-order chi connectivity index (χ1) is 22.5. The summed E-state index contributed by atoms with van der Waals surface area (Å²) < 4.78 is 18.0. The molecule has 2 aliphatic rings. The number of hydrogen-bond donors (Lipinski definition) is 2. The molecule has 0 radical (unpaired) electrons. The normalized spacial score (nSPS) is 21.3. The highest BCUT2D eigenvalue weighted by atomic mass is 32.2. The van der Waals surface area contributed by atoms with Crippen molar-refractivity contribution in [2.75, 3.05) is 10.7 Å². The van der Waals surface area contributed by atoms with Crippen molar-refractivity contribution in [1.82, 2.24) is 15.3 Å². The van der Waals surface area contributed by atoms with Crippen molar-refractivity contribution in [2.24, 2.45) is 0 Å². The van der Waals surface area contributed by atoms with Gasteiger partial charge in [0.05, 0.1) is 30.9 Å². The van der Waals surface area contributed by atoms with E-state index in [4.69, 9.17) is 14.2 Å². The lowest BCUT2D eigenvalue weighted by Crippen LogP contribution is -2.42. The first-order valence-electron chi connectivity index (χ1n) is 14.8. The molecule has 3 amide bonds. The van der Waals surface area contributed by atoms with Crippen LogP contribution in [0.15, 0.2) is 102 Å². The fourth-order valence-electron chi connectivity index (χ4n) is 5.25. The van der Waals surface area contributed by atoms with E-state index in [9.17, 15) is 19.5 Å². The highest BCUT2D eigenvalue weighted by molar-refractivity contribution is 7.99. The van der Waals surface area contributed by atoms with Gasteiger partial charge in [0, 0.05) is 30.1 Å². The first-order valence-corrected chi connectivity index (χ1v) is 15.8. The van der Waals surface area contributed by atoms with Gasteiger partial charge in [-0.3, -0.25) is 9.59 Å². The number of amides is 3. The number of nitrogens with one attached hydrogen (secondary N) is 1. The Morgan fingerprint density at radius 1 is 0.913 bits per heavy atom. The van der Waals surface area contributed by atoms with Crippen molar-refractivity contribution in [3.05, 3.63) is 120 Å². The third-order valence-electron chi connectivity index (χ3n) is 7.63. The lowest BCUT2D eigenvalue weighted by Gasteiger charge is -2.36. The quantitative estimate of drug-likeness (QED) is 0.140. The van der Waals surface area contributed by atoms with Gasteiger partial charge in [0.25, 0.3) is 5.91 Å². The molecular formula is C34H32N4O7S. The maximum absolute atomic E-state index is 13.1. The minimum atomic E-state index is -1.02. The number of nitrogens with zero attached hydrogens (tertiary/aromatic N) is 3. The number of hydrogen-bond acceptors (Lipinski definition) is 10. The number of aromatic nitrogens is 2. The molecule has 0 aliphatic carbocycles. The van der Waals surface area contributed by atoms with Gasteiger partial charge < -0.3 is 24.6 Å². The fourth-order valence-corrected chi connectivity index (χ4v) is 6.07. The molecule has 46 heavy (non-hydrogen) atoms. The summed E-state index contributed by atoms with van der Waals surface area (Å²) in [5.74, 6) is -0.361. The molecule has 3 aromatic carbocycles. The molecule has 4 aromatic rings. The molecule has 2 aliphatic heterocycles. The van der Waals surface area contributed by atoms with Gasteiger partial charge in [-0.05, 0) is 34.9 Å². The van der Waals surface area contributed by atoms with Crippen LogP contribution in [0.25, 0.3) is 0 Å². The Morgan fingerprint density at radius 2 is 1.63 bits per heavy atom. The topological polar surface area (TPSA) is 140 Å². The van der Waals surface area contributed by atoms with Gasteiger partial charge in [0.1, 0.15) is 12.6 Å². The zero-order chi connectivity index (χ0) is 31.9. The van der Waals surface area contributed by atoms with Crippen LogP contribution in [-0.4, -0.2) is 50.9 Å². The second-order valence-electron chi connectivity index (χ2n) is 10.8. The Hall–Kier alpha value is -4.62. The zero-order valence-electron chi connectivity index (χ0n) is 24.7. The molecule has 236 valence electrons. The van der Waals surface area contributed by atoms with Crippen molar-refractivity contribution in [3.8, 4) is 0 Å². The van der Waals surface area contributed by atoms with E-state index < -0.39 is 30.2 Å². The van der Waals surface area contributed by atoms with Gasteiger partial charge in [0.15, 0.2) is 11.4 Å². The molecule has 2 fully saturated rings. The van der Waals surface area contributed by atoms with Crippen LogP contribution in [-0.2, 0) is 37.0 Å². The Kier molecular flexibility index (Phi) is 9.99. The minimum Gasteiger partial charge on any atom is -0.445 e. The van der Waals surface area contributed by atoms with E-state index in [1.54, 1.807) is 42.7 Å². The van der Waals surface area contributed by atoms with Crippen LogP contribution >= 0.6 is 11.8 Å². The number of aliphatic hydroxyl groups is 1. The average Bonchev–Trinajstić information content (AvgIpc) is 3.38. The number of aliphatic hydroxyl groups excluding tert-OH is 1. The van der Waals surface area contributed by atoms with Gasteiger partial charge in [-0.2, -0.15) is 0 Å². The molecule has 11 nitrogen and oxygen atoms in total. The van der Waals surface area contributed by atoms with E-state index in [0.29, 0.717) is 28.6 Å². The Labute approximate surface area is 269 Å². The first kappa shape index (κ1) is 31.4. The number of thioether (sulfide) groups is 1. The Balaban J connectivity index is 1.12. The molecule has 2 saturated heterocycles. The van der Waals surface area contributed by atoms with Gasteiger partial charge in [-0.1, -0.05) is 78.5 Å². The fraction of sp³-hybridized carbons (Fsp3) is 0.265. The average molecular weight is 641 g/mol. The maximum atomic E-state index is 13.1. The summed E-state index contributed by atoms with van der Waals surface area (Å²) in [6.07, 6.45) is 1.87. The van der Waals surface area contributed by atoms with Gasteiger partial charge >= 0.3 is 6.09 Å². The molecule has 12 heteroatoms. The van der Waals surface area contributed by atoms with E-state index in [0.717, 1.165) is 21.6 Å². The molecule has 0 saturated carbocycles. The number of alkyl carbamates (subject to hydrolysis) is 1. The van der Waals surface area contributed by atoms with Gasteiger partial charge in [-0.25, -0.2) is 19.7 Å². The number of ether oxygens (including phenoxy) is 3. The Morgan fingerprint density at radius 3 is 2.35 bits per heavy atom. The molecule has 4 atom stereocenters. The third kappa shape index (κ3) is 7.60. The van der Waals surface area contributed by atoms with Crippen molar-refractivity contribution < 1.29 is 33.7 Å². The molecule has 0 spiro atoms. The van der Waals surface area contributed by atoms with E-state index in [-0.39, 0.29) is 31.8 Å².